The van der Waals surface area contributed by atoms with Gasteiger partial charge in [0.1, 0.15) is 11.6 Å². The average Bonchev–Trinajstić information content (AvgIpc) is 2.94. The molecule has 0 aliphatic rings. The number of benzene rings is 2. The fraction of sp³-hybridized carbons (Fsp3) is 0.211. The molecule has 3 rings (SSSR count). The molecule has 0 aliphatic carbocycles. The van der Waals surface area contributed by atoms with E-state index in [2.05, 4.69) is 5.10 Å². The molecule has 148 valence electrons. The molecule has 9 heteroatoms. The van der Waals surface area contributed by atoms with Gasteiger partial charge in [0.05, 0.1) is 22.5 Å². The summed E-state index contributed by atoms with van der Waals surface area (Å²) in [5.74, 6) is -1.55. The minimum absolute atomic E-state index is 0.0749. The molecule has 0 radical (unpaired) electrons. The molecule has 2 aromatic carbocycles. The van der Waals surface area contributed by atoms with Gasteiger partial charge in [-0.15, -0.1) is 0 Å². The predicted molar refractivity (Wildman–Crippen MR) is 89.5 cm³/mol. The molecule has 0 spiro atoms. The van der Waals surface area contributed by atoms with Crippen LogP contribution in [0.3, 0.4) is 0 Å². The van der Waals surface area contributed by atoms with E-state index in [0.29, 0.717) is 23.0 Å². The number of aromatic nitrogens is 2. The Morgan fingerprint density at radius 2 is 1.79 bits per heavy atom. The molecule has 0 atom stereocenters. The summed E-state index contributed by atoms with van der Waals surface area (Å²) in [7, 11) is 1.54. The molecule has 1 N–H and O–H groups in total. The largest absolute Gasteiger partial charge is 0.507 e. The van der Waals surface area contributed by atoms with Gasteiger partial charge >= 0.3 is 6.18 Å². The summed E-state index contributed by atoms with van der Waals surface area (Å²) in [6, 6.07) is 7.42. The fourth-order valence-electron chi connectivity index (χ4n) is 2.90. The number of aromatic hydroxyl groups is 1. The van der Waals surface area contributed by atoms with E-state index < -0.39 is 35.3 Å². The highest BCUT2D eigenvalue weighted by Gasteiger charge is 2.31. The van der Waals surface area contributed by atoms with E-state index >= 15 is 0 Å². The summed E-state index contributed by atoms with van der Waals surface area (Å²) in [4.78, 5) is 0. The molecule has 0 bridgehead atoms. The van der Waals surface area contributed by atoms with Crippen LogP contribution in [0, 0.1) is 5.82 Å². The number of aryl methyl sites for hydroxylation is 1. The van der Waals surface area contributed by atoms with Crippen LogP contribution in [0.5, 0.6) is 5.75 Å². The van der Waals surface area contributed by atoms with Crippen molar-refractivity contribution in [1.82, 2.24) is 9.78 Å². The van der Waals surface area contributed by atoms with Crippen LogP contribution < -0.4 is 0 Å². The van der Waals surface area contributed by atoms with Gasteiger partial charge in [0, 0.05) is 19.0 Å². The van der Waals surface area contributed by atoms with Gasteiger partial charge in [-0.2, -0.15) is 18.3 Å². The minimum atomic E-state index is -4.68. The third kappa shape index (κ3) is 4.13. The smallest absolute Gasteiger partial charge is 0.416 e. The predicted octanol–water partition coefficient (Wildman–Crippen LogP) is 5.48. The van der Waals surface area contributed by atoms with E-state index in [0.717, 1.165) is 24.3 Å². The zero-order valence-corrected chi connectivity index (χ0v) is 14.4. The Bertz CT molecular complexity index is 1010. The Kier molecular flexibility index (Phi) is 5.10. The summed E-state index contributed by atoms with van der Waals surface area (Å²) >= 11 is 0. The van der Waals surface area contributed by atoms with Crippen LogP contribution >= 0.6 is 0 Å². The van der Waals surface area contributed by atoms with Crippen molar-refractivity contribution < 1.29 is 31.4 Å². The lowest BCUT2D eigenvalue weighted by atomic mass is 10.0. The highest BCUT2D eigenvalue weighted by atomic mass is 19.4. The molecule has 0 saturated heterocycles. The Labute approximate surface area is 155 Å². The summed E-state index contributed by atoms with van der Waals surface area (Å²) < 4.78 is 79.4. The Morgan fingerprint density at radius 1 is 1.07 bits per heavy atom. The van der Waals surface area contributed by atoms with Gasteiger partial charge in [0.15, 0.2) is 0 Å². The van der Waals surface area contributed by atoms with E-state index in [9.17, 15) is 31.4 Å². The molecule has 28 heavy (non-hydrogen) atoms. The molecular weight excluding hydrogens is 386 g/mol. The van der Waals surface area contributed by atoms with E-state index in [-0.39, 0.29) is 12.0 Å². The number of phenolic OH excluding ortho intramolecular Hbond substituents is 1. The van der Waals surface area contributed by atoms with E-state index in [4.69, 9.17) is 0 Å². The first-order valence-electron chi connectivity index (χ1n) is 8.05. The number of halogens is 6. The molecule has 0 fully saturated rings. The Hall–Kier alpha value is -2.97. The van der Waals surface area contributed by atoms with E-state index in [1.54, 1.807) is 7.05 Å². The third-order valence-electron chi connectivity index (χ3n) is 4.16. The van der Waals surface area contributed by atoms with Crippen LogP contribution in [0.1, 0.15) is 28.8 Å². The van der Waals surface area contributed by atoms with Crippen molar-refractivity contribution in [2.45, 2.75) is 19.0 Å². The normalized spacial score (nSPS) is 12.0. The molecule has 1 heterocycles. The summed E-state index contributed by atoms with van der Waals surface area (Å²) in [6.45, 7) is 0. The molecule has 0 unspecified atom stereocenters. The molecule has 0 amide bonds. The van der Waals surface area contributed by atoms with Gasteiger partial charge in [-0.25, -0.2) is 13.2 Å². The number of nitrogens with zero attached hydrogens (tertiary/aromatic N) is 2. The van der Waals surface area contributed by atoms with Gasteiger partial charge in [0.25, 0.3) is 6.43 Å². The monoisotopic (exact) mass is 400 g/mol. The molecule has 3 aromatic rings. The maximum Gasteiger partial charge on any atom is 0.416 e. The molecule has 0 saturated carbocycles. The Morgan fingerprint density at radius 3 is 2.43 bits per heavy atom. The second-order valence-electron chi connectivity index (χ2n) is 6.24. The molecule has 3 nitrogen and oxygen atoms in total. The zero-order valence-electron chi connectivity index (χ0n) is 14.4. The van der Waals surface area contributed by atoms with Crippen LogP contribution in [0.4, 0.5) is 26.3 Å². The van der Waals surface area contributed by atoms with E-state index in [1.807, 2.05) is 0 Å². The van der Waals surface area contributed by atoms with Crippen LogP contribution in [0.2, 0.25) is 0 Å². The standard InChI is InChI=1S/C19H14F6N2O/c1-27-16(11-2-3-17(28)15(7-11)18(21)22)9-14(26-27)6-10-4-12(19(23,24)25)8-13(20)5-10/h2-5,7-9,18,28H,6H2,1H3. The Balaban J connectivity index is 1.94. The highest BCUT2D eigenvalue weighted by molar-refractivity contribution is 5.63. The molecule has 1 aromatic heterocycles. The van der Waals surface area contributed by atoms with Crippen LogP contribution in [0.25, 0.3) is 11.3 Å². The first kappa shape index (κ1) is 19.8. The van der Waals surface area contributed by atoms with Crippen molar-refractivity contribution in [3.63, 3.8) is 0 Å². The second-order valence-corrected chi connectivity index (χ2v) is 6.24. The first-order valence-corrected chi connectivity index (χ1v) is 8.05. The van der Waals surface area contributed by atoms with Crippen molar-refractivity contribution in [3.8, 4) is 17.0 Å². The van der Waals surface area contributed by atoms with Gasteiger partial charge < -0.3 is 5.11 Å². The van der Waals surface area contributed by atoms with Crippen LogP contribution in [0.15, 0.2) is 42.5 Å². The quantitative estimate of drug-likeness (QED) is 0.589. The second kappa shape index (κ2) is 7.21. The van der Waals surface area contributed by atoms with Gasteiger partial charge in [0.2, 0.25) is 0 Å². The summed E-state index contributed by atoms with van der Waals surface area (Å²) in [6.07, 6.45) is -7.63. The number of rotatable bonds is 4. The average molecular weight is 400 g/mol. The van der Waals surface area contributed by atoms with Crippen molar-refractivity contribution in [2.24, 2.45) is 7.05 Å². The van der Waals surface area contributed by atoms with Crippen LogP contribution in [-0.4, -0.2) is 14.9 Å². The number of hydrogen-bond acceptors (Lipinski definition) is 2. The number of phenols is 1. The molecular formula is C19H14F6N2O. The fourth-order valence-corrected chi connectivity index (χ4v) is 2.90. The summed E-state index contributed by atoms with van der Waals surface area (Å²) in [5.41, 5.74) is -0.452. The number of hydrogen-bond donors (Lipinski definition) is 1. The van der Waals surface area contributed by atoms with Gasteiger partial charge in [-0.05, 0) is 48.0 Å². The lowest BCUT2D eigenvalue weighted by Crippen LogP contribution is -2.06. The minimum Gasteiger partial charge on any atom is -0.507 e. The zero-order chi connectivity index (χ0) is 20.6. The first-order chi connectivity index (χ1) is 13.0. The maximum atomic E-state index is 13.5. The topological polar surface area (TPSA) is 38.0 Å². The molecule has 0 aliphatic heterocycles. The van der Waals surface area contributed by atoms with Crippen molar-refractivity contribution in [1.29, 1.82) is 0 Å². The SMILES string of the molecule is Cn1nc(Cc2cc(F)cc(C(F)(F)F)c2)cc1-c1ccc(O)c(C(F)F)c1. The van der Waals surface area contributed by atoms with E-state index in [1.165, 1.54) is 16.8 Å². The van der Waals surface area contributed by atoms with Crippen molar-refractivity contribution >= 4 is 0 Å². The third-order valence-corrected chi connectivity index (χ3v) is 4.16. The van der Waals surface area contributed by atoms with Crippen molar-refractivity contribution in [3.05, 3.63) is 70.7 Å². The lowest BCUT2D eigenvalue weighted by molar-refractivity contribution is -0.137. The van der Waals surface area contributed by atoms with Gasteiger partial charge in [-0.3, -0.25) is 4.68 Å². The maximum absolute atomic E-state index is 13.5. The van der Waals surface area contributed by atoms with Crippen molar-refractivity contribution in [2.75, 3.05) is 0 Å². The number of alkyl halides is 5. The van der Waals surface area contributed by atoms with Crippen LogP contribution in [-0.2, 0) is 19.6 Å². The lowest BCUT2D eigenvalue weighted by Gasteiger charge is -2.08. The van der Waals surface area contributed by atoms with Gasteiger partial charge in [-0.1, -0.05) is 0 Å². The summed E-state index contributed by atoms with van der Waals surface area (Å²) in [5, 5.41) is 13.7. The highest BCUT2D eigenvalue weighted by Crippen LogP contribution is 2.33.